The molecule has 0 unspecified atom stereocenters. The Hall–Kier alpha value is -2.09. The molecule has 1 heterocycles. The first kappa shape index (κ1) is 18.3. The third-order valence-corrected chi connectivity index (χ3v) is 4.15. The average Bonchev–Trinajstić information content (AvgIpc) is 2.44. The summed E-state index contributed by atoms with van der Waals surface area (Å²) in [5, 5.41) is 9.04. The van der Waals surface area contributed by atoms with Gasteiger partial charge in [0.2, 0.25) is 0 Å². The Balaban J connectivity index is 2.27. The predicted molar refractivity (Wildman–Crippen MR) is 86.2 cm³/mol. The molecule has 0 aromatic heterocycles. The van der Waals surface area contributed by atoms with Gasteiger partial charge in [0.15, 0.2) is 0 Å². The molecule has 8 heteroatoms. The highest BCUT2D eigenvalue weighted by molar-refractivity contribution is 7.80. The van der Waals surface area contributed by atoms with Crippen LogP contribution < -0.4 is 4.74 Å². The molecule has 1 aliphatic heterocycles. The molecule has 4 nitrogen and oxygen atoms in total. The van der Waals surface area contributed by atoms with Gasteiger partial charge in [0.1, 0.15) is 16.8 Å². The molecule has 0 spiro atoms. The summed E-state index contributed by atoms with van der Waals surface area (Å²) < 4.78 is 44.9. The Kier molecular flexibility index (Phi) is 5.48. The number of alkyl halides is 3. The van der Waals surface area contributed by atoms with Gasteiger partial charge in [0.25, 0.3) is 0 Å². The van der Waals surface area contributed by atoms with Crippen molar-refractivity contribution in [2.24, 2.45) is 0 Å². The highest BCUT2D eigenvalue weighted by Gasteiger charge is 2.38. The van der Waals surface area contributed by atoms with Gasteiger partial charge in [0, 0.05) is 12.1 Å². The van der Waals surface area contributed by atoms with Crippen molar-refractivity contribution in [1.82, 2.24) is 4.90 Å². The summed E-state index contributed by atoms with van der Waals surface area (Å²) in [7, 11) is 0. The number of rotatable bonds is 6. The van der Waals surface area contributed by atoms with Crippen molar-refractivity contribution in [2.75, 3.05) is 13.2 Å². The molecule has 130 valence electrons. The molecule has 0 radical (unpaired) electrons. The zero-order valence-electron chi connectivity index (χ0n) is 12.7. The maximum atomic E-state index is 13.3. The summed E-state index contributed by atoms with van der Waals surface area (Å²) in [6.45, 7) is 3.98. The minimum absolute atomic E-state index is 0.0869. The molecule has 1 aromatic rings. The monoisotopic (exact) mass is 359 g/mol. The summed E-state index contributed by atoms with van der Waals surface area (Å²) in [6, 6.07) is 2.75. The topological polar surface area (TPSA) is 49.8 Å². The van der Waals surface area contributed by atoms with E-state index < -0.39 is 23.8 Å². The molecule has 1 fully saturated rings. The fourth-order valence-corrected chi connectivity index (χ4v) is 2.66. The van der Waals surface area contributed by atoms with Crippen LogP contribution in [-0.4, -0.2) is 40.2 Å². The highest BCUT2D eigenvalue weighted by Crippen LogP contribution is 2.37. The number of halogens is 3. The van der Waals surface area contributed by atoms with E-state index in [2.05, 4.69) is 6.58 Å². The number of hydrogen-bond acceptors (Lipinski definition) is 3. The molecule has 24 heavy (non-hydrogen) atoms. The molecular formula is C16H16F3NO3S. The molecule has 0 bridgehead atoms. The Morgan fingerprint density at radius 3 is 2.71 bits per heavy atom. The van der Waals surface area contributed by atoms with E-state index in [-0.39, 0.29) is 22.9 Å². The van der Waals surface area contributed by atoms with E-state index in [4.69, 9.17) is 22.1 Å². The first-order valence-electron chi connectivity index (χ1n) is 7.24. The normalized spacial score (nSPS) is 17.1. The second kappa shape index (κ2) is 7.21. The minimum atomic E-state index is -4.60. The van der Waals surface area contributed by atoms with Crippen LogP contribution in [-0.2, 0) is 11.0 Å². The Morgan fingerprint density at radius 1 is 1.50 bits per heavy atom. The highest BCUT2D eigenvalue weighted by atomic mass is 32.1. The molecule has 1 N–H and O–H groups in total. The number of nitrogens with zero attached hydrogens (tertiary/aromatic N) is 1. The van der Waals surface area contributed by atoms with Crippen LogP contribution in [0.2, 0.25) is 0 Å². The molecule has 1 atom stereocenters. The van der Waals surface area contributed by atoms with E-state index in [0.29, 0.717) is 19.4 Å². The number of thiocarbonyl (C=S) groups is 1. The van der Waals surface area contributed by atoms with Crippen LogP contribution in [0.5, 0.6) is 5.75 Å². The van der Waals surface area contributed by atoms with Crippen LogP contribution in [0.25, 0.3) is 0 Å². The van der Waals surface area contributed by atoms with Crippen molar-refractivity contribution in [3.63, 3.8) is 0 Å². The lowest BCUT2D eigenvalue weighted by molar-refractivity contribution is -0.145. The summed E-state index contributed by atoms with van der Waals surface area (Å²) in [5.74, 6) is -1.32. The van der Waals surface area contributed by atoms with Crippen molar-refractivity contribution < 1.29 is 27.8 Å². The molecular weight excluding hydrogens is 343 g/mol. The lowest BCUT2D eigenvalue weighted by Gasteiger charge is -2.40. The maximum absolute atomic E-state index is 13.3. The van der Waals surface area contributed by atoms with Gasteiger partial charge in [-0.2, -0.15) is 13.2 Å². The van der Waals surface area contributed by atoms with Gasteiger partial charge in [-0.3, -0.25) is 0 Å². The van der Waals surface area contributed by atoms with E-state index >= 15 is 0 Å². The van der Waals surface area contributed by atoms with Gasteiger partial charge in [-0.1, -0.05) is 18.3 Å². The van der Waals surface area contributed by atoms with Crippen LogP contribution in [0.1, 0.15) is 24.0 Å². The third-order valence-electron chi connectivity index (χ3n) is 3.68. The molecule has 1 saturated heterocycles. The molecule has 0 saturated carbocycles. The summed E-state index contributed by atoms with van der Waals surface area (Å²) in [5.41, 5.74) is -0.779. The van der Waals surface area contributed by atoms with Crippen molar-refractivity contribution in [3.8, 4) is 5.75 Å². The SMILES string of the molecule is C=CCCOc1ccc(C(=S)N2CC[C@@H]2C(=O)O)cc1C(F)(F)F. The number of carboxylic acids is 1. The van der Waals surface area contributed by atoms with Crippen LogP contribution in [0.3, 0.4) is 0 Å². The second-order valence-electron chi connectivity index (χ2n) is 5.28. The fourth-order valence-electron chi connectivity index (χ4n) is 2.32. The van der Waals surface area contributed by atoms with Crippen molar-refractivity contribution >= 4 is 23.2 Å². The van der Waals surface area contributed by atoms with E-state index in [1.807, 2.05) is 0 Å². The molecule has 0 aliphatic carbocycles. The van der Waals surface area contributed by atoms with Crippen molar-refractivity contribution in [3.05, 3.63) is 42.0 Å². The first-order valence-corrected chi connectivity index (χ1v) is 7.65. The van der Waals surface area contributed by atoms with E-state index in [1.54, 1.807) is 6.08 Å². The van der Waals surface area contributed by atoms with Gasteiger partial charge in [-0.25, -0.2) is 4.79 Å². The molecule has 1 aliphatic rings. The van der Waals surface area contributed by atoms with Gasteiger partial charge in [-0.15, -0.1) is 6.58 Å². The lowest BCUT2D eigenvalue weighted by atomic mass is 10.0. The summed E-state index contributed by atoms with van der Waals surface area (Å²) in [6.07, 6.45) is -2.21. The number of carboxylic acid groups (broad SMARTS) is 1. The number of aliphatic carboxylic acids is 1. The number of ether oxygens (including phenoxy) is 1. The Morgan fingerprint density at radius 2 is 2.21 bits per heavy atom. The third kappa shape index (κ3) is 3.87. The van der Waals surface area contributed by atoms with E-state index in [9.17, 15) is 18.0 Å². The molecule has 2 rings (SSSR count). The van der Waals surface area contributed by atoms with Crippen molar-refractivity contribution in [1.29, 1.82) is 0 Å². The average molecular weight is 359 g/mol. The summed E-state index contributed by atoms with van der Waals surface area (Å²) in [4.78, 5) is 12.5. The zero-order chi connectivity index (χ0) is 17.9. The second-order valence-corrected chi connectivity index (χ2v) is 5.66. The standard InChI is InChI=1S/C16H16F3NO3S/c1-2-3-8-23-13-5-4-10(9-11(13)16(17,18)19)14(24)20-7-6-12(20)15(21)22/h2,4-5,9,12H,1,3,6-8H2,(H,21,22)/t12-/m1/s1. The van der Waals surface area contributed by atoms with Crippen molar-refractivity contribution in [2.45, 2.75) is 25.1 Å². The van der Waals surface area contributed by atoms with Gasteiger partial charge >= 0.3 is 12.1 Å². The predicted octanol–water partition coefficient (Wildman–Crippen LogP) is 3.49. The van der Waals surface area contributed by atoms with Gasteiger partial charge in [-0.05, 0) is 31.0 Å². The van der Waals surface area contributed by atoms with Crippen LogP contribution >= 0.6 is 12.2 Å². The first-order chi connectivity index (χ1) is 11.3. The molecule has 0 amide bonds. The maximum Gasteiger partial charge on any atom is 0.419 e. The molecule has 1 aromatic carbocycles. The van der Waals surface area contributed by atoms with Crippen LogP contribution in [0, 0.1) is 0 Å². The number of carbonyl (C=O) groups is 1. The minimum Gasteiger partial charge on any atom is -0.493 e. The fraction of sp³-hybridized carbons (Fsp3) is 0.375. The van der Waals surface area contributed by atoms with Gasteiger partial charge < -0.3 is 14.7 Å². The van der Waals surface area contributed by atoms with Crippen LogP contribution in [0.15, 0.2) is 30.9 Å². The Bertz CT molecular complexity index is 660. The quantitative estimate of drug-likeness (QED) is 0.479. The zero-order valence-corrected chi connectivity index (χ0v) is 13.5. The Labute approximate surface area is 142 Å². The van der Waals surface area contributed by atoms with Gasteiger partial charge in [0.05, 0.1) is 12.2 Å². The smallest absolute Gasteiger partial charge is 0.419 e. The number of hydrogen-bond donors (Lipinski definition) is 1. The van der Waals surface area contributed by atoms with E-state index in [0.717, 1.165) is 6.07 Å². The number of likely N-dealkylation sites (tertiary alicyclic amines) is 1. The van der Waals surface area contributed by atoms with Crippen LogP contribution in [0.4, 0.5) is 13.2 Å². The number of benzene rings is 1. The lowest BCUT2D eigenvalue weighted by Crippen LogP contribution is -2.54. The van der Waals surface area contributed by atoms with E-state index in [1.165, 1.54) is 17.0 Å². The largest absolute Gasteiger partial charge is 0.493 e. The summed E-state index contributed by atoms with van der Waals surface area (Å²) >= 11 is 5.16.